The molecular formula is C12H20N2O5. The Morgan fingerprint density at radius 1 is 1.37 bits per heavy atom. The molecule has 0 aromatic rings. The van der Waals surface area contributed by atoms with Crippen LogP contribution in [-0.4, -0.2) is 58.1 Å². The number of likely N-dealkylation sites (tertiary alicyclic amines) is 1. The Balaban J connectivity index is 2.53. The monoisotopic (exact) mass is 272 g/mol. The minimum absolute atomic E-state index is 0.0865. The van der Waals surface area contributed by atoms with Gasteiger partial charge < -0.3 is 20.4 Å². The number of aliphatic hydroxyl groups excluding tert-OH is 1. The van der Waals surface area contributed by atoms with Crippen molar-refractivity contribution < 1.29 is 24.6 Å². The molecule has 108 valence electrons. The standard InChI is InChI=1S/C12H20N2O5/c1-8(15)11(12(18)19)13-9(16)7-14-6-4-2-3-5-10(14)17/h8,11,15H,2-7H2,1H3,(H,13,16)(H,18,19)/t8-,11+/m1/s1. The van der Waals surface area contributed by atoms with Crippen LogP contribution in [-0.2, 0) is 14.4 Å². The molecule has 1 aliphatic rings. The summed E-state index contributed by atoms with van der Waals surface area (Å²) >= 11 is 0. The van der Waals surface area contributed by atoms with Gasteiger partial charge in [-0.15, -0.1) is 0 Å². The van der Waals surface area contributed by atoms with Crippen molar-refractivity contribution in [2.75, 3.05) is 13.1 Å². The highest BCUT2D eigenvalue weighted by Gasteiger charge is 2.26. The predicted molar refractivity (Wildman–Crippen MR) is 66.3 cm³/mol. The number of aliphatic hydroxyl groups is 1. The molecule has 1 heterocycles. The highest BCUT2D eigenvalue weighted by atomic mass is 16.4. The zero-order valence-electron chi connectivity index (χ0n) is 11.0. The summed E-state index contributed by atoms with van der Waals surface area (Å²) in [6, 6.07) is -1.35. The number of carboxylic acid groups (broad SMARTS) is 1. The second-order valence-corrected chi connectivity index (χ2v) is 4.75. The molecule has 0 radical (unpaired) electrons. The van der Waals surface area contributed by atoms with E-state index in [0.29, 0.717) is 13.0 Å². The maximum Gasteiger partial charge on any atom is 0.328 e. The molecule has 0 bridgehead atoms. The van der Waals surface area contributed by atoms with E-state index in [9.17, 15) is 19.5 Å². The van der Waals surface area contributed by atoms with Crippen LogP contribution in [0.15, 0.2) is 0 Å². The van der Waals surface area contributed by atoms with Crippen LogP contribution in [0.2, 0.25) is 0 Å². The molecule has 1 aliphatic heterocycles. The molecule has 0 aromatic heterocycles. The van der Waals surface area contributed by atoms with Gasteiger partial charge in [0.05, 0.1) is 12.6 Å². The lowest BCUT2D eigenvalue weighted by Crippen LogP contribution is -2.51. The molecule has 0 aliphatic carbocycles. The lowest BCUT2D eigenvalue weighted by Gasteiger charge is -2.22. The molecule has 7 heteroatoms. The van der Waals surface area contributed by atoms with Gasteiger partial charge in [-0.25, -0.2) is 4.79 Å². The molecular weight excluding hydrogens is 252 g/mol. The van der Waals surface area contributed by atoms with Gasteiger partial charge in [0.15, 0.2) is 6.04 Å². The molecule has 0 aromatic carbocycles. The van der Waals surface area contributed by atoms with Gasteiger partial charge in [0, 0.05) is 13.0 Å². The highest BCUT2D eigenvalue weighted by Crippen LogP contribution is 2.10. The number of carboxylic acids is 1. The topological polar surface area (TPSA) is 107 Å². The molecule has 1 fully saturated rings. The van der Waals surface area contributed by atoms with Crippen LogP contribution in [0.1, 0.15) is 32.6 Å². The van der Waals surface area contributed by atoms with Crippen molar-refractivity contribution in [2.24, 2.45) is 0 Å². The lowest BCUT2D eigenvalue weighted by atomic mass is 10.2. The largest absolute Gasteiger partial charge is 0.480 e. The first-order valence-electron chi connectivity index (χ1n) is 6.40. The maximum atomic E-state index is 11.7. The SMILES string of the molecule is C[C@@H](O)[C@H](NC(=O)CN1CCCCCC1=O)C(=O)O. The number of rotatable bonds is 5. The van der Waals surface area contributed by atoms with Crippen molar-refractivity contribution >= 4 is 17.8 Å². The number of nitrogens with zero attached hydrogens (tertiary/aromatic N) is 1. The molecule has 7 nitrogen and oxygen atoms in total. The number of aliphatic carboxylic acids is 1. The minimum Gasteiger partial charge on any atom is -0.480 e. The normalized spacial score (nSPS) is 19.5. The van der Waals surface area contributed by atoms with Gasteiger partial charge in [-0.2, -0.15) is 0 Å². The molecule has 3 N–H and O–H groups in total. The average molecular weight is 272 g/mol. The van der Waals surface area contributed by atoms with Gasteiger partial charge in [0.25, 0.3) is 0 Å². The van der Waals surface area contributed by atoms with Crippen molar-refractivity contribution in [2.45, 2.75) is 44.8 Å². The summed E-state index contributed by atoms with van der Waals surface area (Å²) in [6.07, 6.45) is 1.85. The number of carbonyl (C=O) groups is 3. The zero-order valence-corrected chi connectivity index (χ0v) is 11.0. The van der Waals surface area contributed by atoms with E-state index in [2.05, 4.69) is 5.32 Å². The van der Waals surface area contributed by atoms with Gasteiger partial charge >= 0.3 is 5.97 Å². The maximum absolute atomic E-state index is 11.7. The summed E-state index contributed by atoms with van der Waals surface area (Å²) in [4.78, 5) is 35.7. The first-order chi connectivity index (χ1) is 8.91. The van der Waals surface area contributed by atoms with Crippen molar-refractivity contribution in [3.8, 4) is 0 Å². The van der Waals surface area contributed by atoms with Gasteiger partial charge in [0.2, 0.25) is 11.8 Å². The van der Waals surface area contributed by atoms with Crippen molar-refractivity contribution in [3.05, 3.63) is 0 Å². The van der Waals surface area contributed by atoms with E-state index >= 15 is 0 Å². The van der Waals surface area contributed by atoms with E-state index in [-0.39, 0.29) is 12.5 Å². The van der Waals surface area contributed by atoms with Crippen LogP contribution < -0.4 is 5.32 Å². The molecule has 2 amide bonds. The third-order valence-corrected chi connectivity index (χ3v) is 3.07. The summed E-state index contributed by atoms with van der Waals surface area (Å²) in [5.41, 5.74) is 0. The Kier molecular flexibility index (Phi) is 5.75. The number of hydrogen-bond donors (Lipinski definition) is 3. The summed E-state index contributed by atoms with van der Waals surface area (Å²) < 4.78 is 0. The molecule has 0 spiro atoms. The third-order valence-electron chi connectivity index (χ3n) is 3.07. The van der Waals surface area contributed by atoms with Gasteiger partial charge in [-0.3, -0.25) is 9.59 Å². The Labute approximate surface area is 111 Å². The Morgan fingerprint density at radius 3 is 2.63 bits per heavy atom. The summed E-state index contributed by atoms with van der Waals surface area (Å²) in [6.45, 7) is 1.64. The van der Waals surface area contributed by atoms with Crippen LogP contribution in [0, 0.1) is 0 Å². The first kappa shape index (κ1) is 15.4. The van der Waals surface area contributed by atoms with Crippen LogP contribution in [0.25, 0.3) is 0 Å². The van der Waals surface area contributed by atoms with E-state index in [1.54, 1.807) is 0 Å². The Bertz CT molecular complexity index is 356. The average Bonchev–Trinajstić information content (AvgIpc) is 2.51. The number of nitrogens with one attached hydrogen (secondary N) is 1. The third kappa shape index (κ3) is 4.86. The molecule has 19 heavy (non-hydrogen) atoms. The quantitative estimate of drug-likeness (QED) is 0.616. The highest BCUT2D eigenvalue weighted by molar-refractivity contribution is 5.88. The van der Waals surface area contributed by atoms with E-state index in [4.69, 9.17) is 5.11 Å². The number of hydrogen-bond acceptors (Lipinski definition) is 4. The van der Waals surface area contributed by atoms with Gasteiger partial charge in [-0.05, 0) is 19.8 Å². The molecule has 1 saturated heterocycles. The summed E-state index contributed by atoms with van der Waals surface area (Å²) in [5.74, 6) is -1.95. The van der Waals surface area contributed by atoms with Crippen LogP contribution in [0.5, 0.6) is 0 Å². The first-order valence-corrected chi connectivity index (χ1v) is 6.40. The van der Waals surface area contributed by atoms with E-state index in [1.165, 1.54) is 11.8 Å². The van der Waals surface area contributed by atoms with E-state index < -0.39 is 24.0 Å². The smallest absolute Gasteiger partial charge is 0.328 e. The molecule has 1 rings (SSSR count). The van der Waals surface area contributed by atoms with Gasteiger partial charge in [0.1, 0.15) is 0 Å². The predicted octanol–water partition coefficient (Wildman–Crippen LogP) is -0.661. The van der Waals surface area contributed by atoms with Crippen molar-refractivity contribution in [3.63, 3.8) is 0 Å². The minimum atomic E-state index is -1.35. The lowest BCUT2D eigenvalue weighted by molar-refractivity contribution is -0.145. The summed E-state index contributed by atoms with van der Waals surface area (Å²) in [5, 5.41) is 20.3. The fraction of sp³-hybridized carbons (Fsp3) is 0.750. The fourth-order valence-electron chi connectivity index (χ4n) is 1.99. The Hall–Kier alpha value is -1.63. The van der Waals surface area contributed by atoms with Crippen LogP contribution in [0.3, 0.4) is 0 Å². The fourth-order valence-corrected chi connectivity index (χ4v) is 1.99. The second kappa shape index (κ2) is 7.08. The van der Waals surface area contributed by atoms with E-state index in [1.807, 2.05) is 0 Å². The second-order valence-electron chi connectivity index (χ2n) is 4.75. The van der Waals surface area contributed by atoms with E-state index in [0.717, 1.165) is 19.3 Å². The van der Waals surface area contributed by atoms with Crippen LogP contribution in [0.4, 0.5) is 0 Å². The Morgan fingerprint density at radius 2 is 2.05 bits per heavy atom. The molecule has 2 atom stereocenters. The van der Waals surface area contributed by atoms with Gasteiger partial charge in [-0.1, -0.05) is 6.42 Å². The molecule has 0 saturated carbocycles. The summed E-state index contributed by atoms with van der Waals surface area (Å²) in [7, 11) is 0. The number of carbonyl (C=O) groups excluding carboxylic acids is 2. The van der Waals surface area contributed by atoms with Crippen molar-refractivity contribution in [1.29, 1.82) is 0 Å². The van der Waals surface area contributed by atoms with Crippen LogP contribution >= 0.6 is 0 Å². The molecule has 0 unspecified atom stereocenters. The number of amides is 2. The van der Waals surface area contributed by atoms with Crippen molar-refractivity contribution in [1.82, 2.24) is 10.2 Å². The zero-order chi connectivity index (χ0) is 14.4.